The van der Waals surface area contributed by atoms with E-state index >= 15 is 0 Å². The molecule has 0 N–H and O–H groups in total. The molecule has 0 saturated heterocycles. The van der Waals surface area contributed by atoms with Crippen LogP contribution < -0.4 is 10.2 Å². The van der Waals surface area contributed by atoms with Crippen molar-refractivity contribution in [2.24, 2.45) is 0 Å². The molecule has 0 aliphatic heterocycles. The Morgan fingerprint density at radius 1 is 0.263 bits per heavy atom. The molecule has 0 saturated carbocycles. The summed E-state index contributed by atoms with van der Waals surface area (Å²) in [4.78, 5) is 20.2. The van der Waals surface area contributed by atoms with E-state index in [9.17, 15) is 19.8 Å². The van der Waals surface area contributed by atoms with Crippen LogP contribution in [0.4, 0.5) is 0 Å². The van der Waals surface area contributed by atoms with Gasteiger partial charge in [0.05, 0.1) is 0 Å². The van der Waals surface area contributed by atoms with Gasteiger partial charge in [0.2, 0.25) is 0 Å². The van der Waals surface area contributed by atoms with Crippen LogP contribution in [-0.4, -0.2) is 31.7 Å². The monoisotopic (exact) mass is 914 g/mol. The van der Waals surface area contributed by atoms with Crippen LogP contribution in [-0.2, 0) is 9.59 Å². The predicted molar refractivity (Wildman–Crippen MR) is 252 cm³/mol. The third-order valence-electron chi connectivity index (χ3n) is 11.6. The van der Waals surface area contributed by atoms with Gasteiger partial charge in [0, 0.05) is 11.9 Å². The van der Waals surface area contributed by atoms with Crippen molar-refractivity contribution in [1.29, 1.82) is 0 Å². The van der Waals surface area contributed by atoms with Crippen LogP contribution in [0, 0.1) is 0 Å². The molecule has 0 aliphatic carbocycles. The quantitative estimate of drug-likeness (QED) is 0.0450. The minimum absolute atomic E-state index is 0.232. The number of carbonyl (C=O) groups is 2. The Balaban J connectivity index is -0.000000867. The van der Waals surface area contributed by atoms with Crippen LogP contribution in [0.1, 0.15) is 304 Å². The molecule has 0 spiro atoms. The van der Waals surface area contributed by atoms with Crippen molar-refractivity contribution in [3.8, 4) is 0 Å². The van der Waals surface area contributed by atoms with Gasteiger partial charge in [-0.25, -0.2) is 0 Å². The molecule has 0 rings (SSSR count). The molecule has 0 aromatic carbocycles. The minimum atomic E-state index is -1.01. The van der Waals surface area contributed by atoms with Gasteiger partial charge in [0.15, 0.2) is 0 Å². The molecule has 4 nitrogen and oxygen atoms in total. The predicted octanol–water partition coefficient (Wildman–Crippen LogP) is 16.4. The molecule has 0 aromatic heterocycles. The van der Waals surface area contributed by atoms with E-state index in [4.69, 9.17) is 0 Å². The molecule has 0 aliphatic rings. The second-order valence-corrected chi connectivity index (χ2v) is 26.2. The van der Waals surface area contributed by atoms with Crippen molar-refractivity contribution in [2.45, 2.75) is 318 Å². The Morgan fingerprint density at radius 3 is 0.649 bits per heavy atom. The van der Waals surface area contributed by atoms with E-state index in [1.54, 1.807) is 45.4 Å². The Morgan fingerprint density at radius 2 is 0.439 bits per heavy atom. The van der Waals surface area contributed by atoms with Crippen molar-refractivity contribution in [2.75, 3.05) is 0 Å². The second kappa shape index (κ2) is 57.8. The van der Waals surface area contributed by atoms with E-state index in [0.717, 1.165) is 25.7 Å². The fraction of sp³-hybridized carbons (Fsp3) is 0.962. The van der Waals surface area contributed by atoms with Crippen molar-refractivity contribution < 1.29 is 19.8 Å². The average molecular weight is 913 g/mol. The maximum absolute atomic E-state index is 10.1. The van der Waals surface area contributed by atoms with Gasteiger partial charge in [-0.15, -0.1) is 0 Å². The Bertz CT molecular complexity index is 673. The van der Waals surface area contributed by atoms with Crippen LogP contribution in [0.15, 0.2) is 0 Å². The number of carboxylic acid groups (broad SMARTS) is 2. The van der Waals surface area contributed by atoms with Gasteiger partial charge >= 0.3 is 195 Å². The first-order valence-corrected chi connectivity index (χ1v) is 32.2. The zero-order valence-corrected chi connectivity index (χ0v) is 42.8. The van der Waals surface area contributed by atoms with Crippen molar-refractivity contribution in [3.63, 3.8) is 0 Å². The Labute approximate surface area is 367 Å². The summed E-state index contributed by atoms with van der Waals surface area (Å²) < 4.78 is 5.14. The van der Waals surface area contributed by atoms with Crippen molar-refractivity contribution in [3.05, 3.63) is 0 Å². The molecule has 57 heavy (non-hydrogen) atoms. The Kier molecular flexibility index (Phi) is 61.9. The van der Waals surface area contributed by atoms with Gasteiger partial charge in [-0.1, -0.05) is 117 Å². The van der Waals surface area contributed by atoms with E-state index < -0.39 is 31.7 Å². The van der Waals surface area contributed by atoms with E-state index in [0.29, 0.717) is 0 Å². The molecule has 0 atom stereocenters. The van der Waals surface area contributed by atoms with Crippen LogP contribution in [0.2, 0.25) is 13.3 Å². The SMILES string of the molecule is CCCCCCCCCCCC(=O)[O-].CCCCCCCCCCCC(=O)[O-].CCCCCCCCCCC[CH2][Sn+2]([CH2]CCC)[CH2]CCCCCCCCCCC. The standard InChI is InChI=1S/2C12H24O2.2C12H25.C4H9.Sn/c2*1-2-3-4-5-6-7-8-9-10-11-12(13)14;2*1-3-5-7-9-11-12-10-8-6-4-2;1-3-4-2;/h2*2-11H2,1H3,(H,13,14);2*1,3-12H2,2H3;1,3-4H2,2H3;/q;;;;;+2/p-2. The van der Waals surface area contributed by atoms with Gasteiger partial charge in [0.25, 0.3) is 0 Å². The van der Waals surface area contributed by atoms with Gasteiger partial charge < -0.3 is 19.8 Å². The molecule has 3 radical (unpaired) electrons. The molecule has 0 amide bonds. The second-order valence-electron chi connectivity index (χ2n) is 17.6. The number of hydrogen-bond acceptors (Lipinski definition) is 4. The number of hydrogen-bond donors (Lipinski definition) is 0. The number of carbonyl (C=O) groups excluding carboxylic acids is 2. The normalized spacial score (nSPS) is 11.0. The summed E-state index contributed by atoms with van der Waals surface area (Å²) in [5, 5.41) is 20.2. The zero-order chi connectivity index (χ0) is 42.6. The van der Waals surface area contributed by atoms with E-state index in [2.05, 4.69) is 34.6 Å². The molecule has 0 bridgehead atoms. The van der Waals surface area contributed by atoms with Crippen LogP contribution in [0.3, 0.4) is 0 Å². The van der Waals surface area contributed by atoms with Gasteiger partial charge in [-0.3, -0.25) is 0 Å². The molecule has 0 fully saturated rings. The summed E-state index contributed by atoms with van der Waals surface area (Å²) in [6, 6.07) is 0. The topological polar surface area (TPSA) is 80.3 Å². The molecule has 5 heteroatoms. The number of rotatable bonds is 45. The Hall–Kier alpha value is -0.261. The van der Waals surface area contributed by atoms with E-state index in [-0.39, 0.29) is 12.8 Å². The fourth-order valence-electron chi connectivity index (χ4n) is 7.69. The fourth-order valence-corrected chi connectivity index (χ4v) is 16.5. The summed E-state index contributed by atoms with van der Waals surface area (Å²) in [5.41, 5.74) is 0. The molecular formula is C52H105O4Sn. The maximum atomic E-state index is 10.1. The van der Waals surface area contributed by atoms with Gasteiger partial charge in [-0.05, 0) is 25.7 Å². The number of aliphatic carboxylic acids is 2. The van der Waals surface area contributed by atoms with E-state index in [1.807, 2.05) is 0 Å². The summed E-state index contributed by atoms with van der Waals surface area (Å²) in [6.45, 7) is 11.5. The van der Waals surface area contributed by atoms with Crippen LogP contribution in [0.25, 0.3) is 0 Å². The summed E-state index contributed by atoms with van der Waals surface area (Å²) in [6.07, 6.45) is 55.2. The number of carboxylic acids is 2. The first-order valence-electron chi connectivity index (χ1n) is 26.1. The average Bonchev–Trinajstić information content (AvgIpc) is 3.20. The van der Waals surface area contributed by atoms with E-state index in [1.165, 1.54) is 199 Å². The summed E-state index contributed by atoms with van der Waals surface area (Å²) in [7, 11) is 0. The van der Waals surface area contributed by atoms with Crippen LogP contribution in [0.5, 0.6) is 0 Å². The third-order valence-corrected chi connectivity index (χ3v) is 20.7. The first-order chi connectivity index (χ1) is 27.9. The summed E-state index contributed by atoms with van der Waals surface area (Å²) in [5.74, 6) is -1.82. The van der Waals surface area contributed by atoms with Crippen molar-refractivity contribution in [1.82, 2.24) is 0 Å². The molecular weight excluding hydrogens is 807 g/mol. The summed E-state index contributed by atoms with van der Waals surface area (Å²) >= 11 is -1.01. The third kappa shape index (κ3) is 65.1. The van der Waals surface area contributed by atoms with Crippen LogP contribution >= 0.6 is 0 Å². The zero-order valence-electron chi connectivity index (χ0n) is 40.0. The molecule has 0 heterocycles. The van der Waals surface area contributed by atoms with Gasteiger partial charge in [0.1, 0.15) is 0 Å². The van der Waals surface area contributed by atoms with Crippen molar-refractivity contribution >= 4 is 31.7 Å². The molecule has 0 aromatic rings. The number of unbranched alkanes of at least 4 members (excludes halogenated alkanes) is 35. The first kappa shape index (κ1) is 61.0. The molecule has 341 valence electrons. The van der Waals surface area contributed by atoms with Gasteiger partial charge in [-0.2, -0.15) is 0 Å². The molecule has 0 unspecified atom stereocenters.